The van der Waals surface area contributed by atoms with Crippen molar-refractivity contribution in [1.82, 2.24) is 0 Å². The minimum atomic E-state index is -1.88. The van der Waals surface area contributed by atoms with Crippen LogP contribution in [-0.2, 0) is 15.8 Å². The number of benzene rings is 1. The Hall–Kier alpha value is 0.501. The molecule has 2 rings (SSSR count). The first-order chi connectivity index (χ1) is 8.70. The van der Waals surface area contributed by atoms with Crippen molar-refractivity contribution in [2.45, 2.75) is 37.8 Å². The quantitative estimate of drug-likeness (QED) is 0.639. The molecule has 0 N–H and O–H groups in total. The van der Waals surface area contributed by atoms with Gasteiger partial charge in [-0.05, 0) is 0 Å². The first kappa shape index (κ1) is 23.8. The second-order valence-electron chi connectivity index (χ2n) is 5.45. The minimum Gasteiger partial charge on any atom is -0.147 e. The second-order valence-corrected chi connectivity index (χ2v) is 19.3. The first-order valence-corrected chi connectivity index (χ1v) is 15.5. The number of rotatable bonds is 5. The fraction of sp³-hybridized carbons (Fsp3) is 0.375. The van der Waals surface area contributed by atoms with E-state index >= 15 is 0 Å². The molecule has 21 heavy (non-hydrogen) atoms. The molecule has 1 unspecified atom stereocenters. The molecule has 0 spiro atoms. The zero-order valence-electron chi connectivity index (χ0n) is 13.1. The van der Waals surface area contributed by atoms with E-state index in [0.717, 1.165) is 0 Å². The van der Waals surface area contributed by atoms with Crippen LogP contribution in [0.4, 0.5) is 0 Å². The van der Waals surface area contributed by atoms with Gasteiger partial charge >= 0.3 is 118 Å². The summed E-state index contributed by atoms with van der Waals surface area (Å²) in [5, 5.41) is 0. The molecule has 0 radical (unpaired) electrons. The van der Waals surface area contributed by atoms with Gasteiger partial charge in [0.05, 0.1) is 0 Å². The predicted octanol–water partition coefficient (Wildman–Crippen LogP) is 4.46. The van der Waals surface area contributed by atoms with E-state index in [0.29, 0.717) is 0 Å². The number of hydrogen-bond donors (Lipinski definition) is 0. The molecule has 0 nitrogen and oxygen atoms in total. The molecule has 0 heterocycles. The number of allylic oxidation sites excluding steroid dienone is 4. The van der Waals surface area contributed by atoms with Crippen molar-refractivity contribution in [3.63, 3.8) is 0 Å². The van der Waals surface area contributed by atoms with Crippen molar-refractivity contribution >= 4 is 49.2 Å². The predicted molar refractivity (Wildman–Crippen MR) is 104 cm³/mol. The van der Waals surface area contributed by atoms with E-state index in [2.05, 4.69) is 56.3 Å². The van der Waals surface area contributed by atoms with E-state index in [9.17, 15) is 0 Å². The van der Waals surface area contributed by atoms with E-state index < -0.39 is 15.8 Å². The maximum atomic E-state index is 2.55. The summed E-state index contributed by atoms with van der Waals surface area (Å²) < 4.78 is 5.03. The summed E-state index contributed by atoms with van der Waals surface area (Å²) in [6, 6.07) is 11.4. The normalized spacial score (nSPS) is 15.7. The van der Waals surface area contributed by atoms with Crippen LogP contribution in [0.25, 0.3) is 0 Å². The van der Waals surface area contributed by atoms with E-state index in [1.807, 2.05) is 3.88 Å². The van der Waals surface area contributed by atoms with Gasteiger partial charge in [0.1, 0.15) is 0 Å². The summed E-state index contributed by atoms with van der Waals surface area (Å²) in [5.74, 6) is 0. The molecule has 0 amide bonds. The Bertz CT molecular complexity index is 474. The third-order valence-electron chi connectivity index (χ3n) is 4.22. The summed E-state index contributed by atoms with van der Waals surface area (Å²) >= 11 is -1.88. The van der Waals surface area contributed by atoms with Gasteiger partial charge in [-0.3, -0.25) is 0 Å². The third kappa shape index (κ3) is 5.57. The first-order valence-electron chi connectivity index (χ1n) is 7.16. The maximum absolute atomic E-state index is 2.55. The molecule has 5 heteroatoms. The Morgan fingerprint density at radius 1 is 1.05 bits per heavy atom. The molecule has 0 saturated heterocycles. The van der Waals surface area contributed by atoms with Crippen LogP contribution in [0.15, 0.2) is 51.9 Å². The smallest absolute Gasteiger partial charge is 0.147 e. The molecular weight excluding hydrogens is 374 g/mol. The fourth-order valence-corrected chi connectivity index (χ4v) is 14.1. The van der Waals surface area contributed by atoms with Gasteiger partial charge in [-0.2, -0.15) is 0 Å². The van der Waals surface area contributed by atoms with Crippen LogP contribution in [0.1, 0.15) is 33.1 Å². The zero-order chi connectivity index (χ0) is 13.0. The van der Waals surface area contributed by atoms with E-state index in [1.165, 1.54) is 32.1 Å². The van der Waals surface area contributed by atoms with Crippen LogP contribution < -0.4 is 3.87 Å². The van der Waals surface area contributed by atoms with Crippen LogP contribution in [0.3, 0.4) is 0 Å². The third-order valence-corrected chi connectivity index (χ3v) is 18.9. The van der Waals surface area contributed by atoms with Crippen molar-refractivity contribution in [2.75, 3.05) is 0 Å². The van der Waals surface area contributed by atoms with Gasteiger partial charge in [-0.25, -0.2) is 0 Å². The van der Waals surface area contributed by atoms with Crippen LogP contribution in [0.2, 0.25) is 4.73 Å². The molecule has 120 valence electrons. The standard InChI is InChI=1S/C7H9.C6H5.C3H7.3ClH.H3Si.Ti/c1-2-7-5-3-4-6-7;1-2-4-6-5-3-1;1-3-2;;;;;/h5-6H,2-3H2,1H3;1-5H;1,3H2,2H3;3*1H;1H3;. The second kappa shape index (κ2) is 11.1. The van der Waals surface area contributed by atoms with Crippen molar-refractivity contribution in [3.8, 4) is 0 Å². The van der Waals surface area contributed by atoms with Gasteiger partial charge in [0.25, 0.3) is 0 Å². The largest absolute Gasteiger partial charge is 0.147 e. The summed E-state index contributed by atoms with van der Waals surface area (Å²) in [5.41, 5.74) is 1.57. The van der Waals surface area contributed by atoms with E-state index in [4.69, 9.17) is 0 Å². The molecule has 1 aromatic carbocycles. The molecule has 1 aliphatic carbocycles. The summed E-state index contributed by atoms with van der Waals surface area (Å²) in [7, 11) is 1.39. The maximum Gasteiger partial charge on any atom is -0.147 e. The monoisotopic (exact) mass is 400 g/mol. The van der Waals surface area contributed by atoms with Crippen LogP contribution in [-0.4, -0.2) is 8.11 Å². The Morgan fingerprint density at radius 3 is 2.14 bits per heavy atom. The van der Waals surface area contributed by atoms with Gasteiger partial charge in [0.15, 0.2) is 0 Å². The van der Waals surface area contributed by atoms with Gasteiger partial charge in [0, 0.05) is 0 Å². The Morgan fingerprint density at radius 2 is 1.67 bits per heavy atom. The molecular formula is C16H27Cl3SiTi. The molecule has 0 bridgehead atoms. The molecule has 0 aliphatic heterocycles. The SMILES string of the molecule is CC[CH2][Ti]([SiH3])([C]1=CC(CC)=CC1)[c]1ccccc1.Cl.Cl.Cl. The fourth-order valence-electron chi connectivity index (χ4n) is 3.01. The molecule has 1 aliphatic rings. The van der Waals surface area contributed by atoms with Gasteiger partial charge < -0.3 is 0 Å². The van der Waals surface area contributed by atoms with Crippen LogP contribution >= 0.6 is 37.2 Å². The van der Waals surface area contributed by atoms with Crippen molar-refractivity contribution in [3.05, 3.63) is 51.9 Å². The van der Waals surface area contributed by atoms with Crippen LogP contribution in [0.5, 0.6) is 0 Å². The van der Waals surface area contributed by atoms with Crippen molar-refractivity contribution in [2.24, 2.45) is 0 Å². The average Bonchev–Trinajstić information content (AvgIpc) is 2.89. The number of halogens is 3. The van der Waals surface area contributed by atoms with Gasteiger partial charge in [-0.15, -0.1) is 37.2 Å². The summed E-state index contributed by atoms with van der Waals surface area (Å²) in [4.78, 5) is 0. The van der Waals surface area contributed by atoms with Crippen molar-refractivity contribution < 1.29 is 15.8 Å². The topological polar surface area (TPSA) is 0 Å². The van der Waals surface area contributed by atoms with Crippen LogP contribution in [0, 0.1) is 0 Å². The Balaban J connectivity index is 0. The Kier molecular flexibility index (Phi) is 12.6. The summed E-state index contributed by atoms with van der Waals surface area (Å²) in [6.07, 6.45) is 8.81. The molecule has 0 aromatic heterocycles. The molecule has 0 fully saturated rings. The van der Waals surface area contributed by atoms with Gasteiger partial charge in [0.2, 0.25) is 0 Å². The van der Waals surface area contributed by atoms with E-state index in [1.54, 1.807) is 9.44 Å². The summed E-state index contributed by atoms with van der Waals surface area (Å²) in [6.45, 7) is 4.62. The Labute approximate surface area is 154 Å². The zero-order valence-corrected chi connectivity index (χ0v) is 19.1. The molecule has 0 saturated carbocycles. The minimum absolute atomic E-state index is 0. The van der Waals surface area contributed by atoms with E-state index in [-0.39, 0.29) is 37.2 Å². The van der Waals surface area contributed by atoms with Crippen molar-refractivity contribution in [1.29, 1.82) is 0 Å². The molecule has 1 aromatic rings. The average molecular weight is 402 g/mol. The number of hydrogen-bond acceptors (Lipinski definition) is 0. The van der Waals surface area contributed by atoms with Gasteiger partial charge in [-0.1, -0.05) is 0 Å². The molecule has 1 atom stereocenters.